The van der Waals surface area contributed by atoms with E-state index in [0.717, 1.165) is 10.1 Å². The van der Waals surface area contributed by atoms with E-state index in [9.17, 15) is 14.4 Å². The number of aryl methyl sites for hydroxylation is 2. The molecule has 1 aromatic carbocycles. The molecule has 9 nitrogen and oxygen atoms in total. The number of anilines is 1. The summed E-state index contributed by atoms with van der Waals surface area (Å²) < 4.78 is 3.63. The van der Waals surface area contributed by atoms with Crippen LogP contribution in [0.1, 0.15) is 0 Å². The van der Waals surface area contributed by atoms with Gasteiger partial charge in [0.25, 0.3) is 5.56 Å². The zero-order chi connectivity index (χ0) is 20.7. The van der Waals surface area contributed by atoms with Crippen LogP contribution in [0.5, 0.6) is 0 Å². The van der Waals surface area contributed by atoms with Gasteiger partial charge in [-0.3, -0.25) is 14.2 Å². The Bertz CT molecular complexity index is 1370. The van der Waals surface area contributed by atoms with E-state index in [0.29, 0.717) is 15.8 Å². The van der Waals surface area contributed by atoms with Crippen LogP contribution in [0, 0.1) is 0 Å². The third kappa shape index (κ3) is 3.36. The second-order valence-electron chi connectivity index (χ2n) is 6.33. The molecule has 0 atom stereocenters. The van der Waals surface area contributed by atoms with Gasteiger partial charge in [-0.15, -0.1) is 11.3 Å². The minimum Gasteiger partial charge on any atom is -0.328 e. The SMILES string of the molecule is Cn1cnc2c1c(=O)n(CC(=O)Nc1nc(-c3ccccc3Cl)cs1)c(=O)n2C. The van der Waals surface area contributed by atoms with E-state index in [2.05, 4.69) is 15.3 Å². The fraction of sp³-hybridized carbons (Fsp3) is 0.167. The van der Waals surface area contributed by atoms with Gasteiger partial charge < -0.3 is 9.88 Å². The Morgan fingerprint density at radius 3 is 2.76 bits per heavy atom. The van der Waals surface area contributed by atoms with Gasteiger partial charge in [0.05, 0.1) is 12.0 Å². The van der Waals surface area contributed by atoms with Crippen molar-refractivity contribution in [3.63, 3.8) is 0 Å². The Balaban J connectivity index is 1.60. The third-order valence-corrected chi connectivity index (χ3v) is 5.49. The van der Waals surface area contributed by atoms with Gasteiger partial charge in [0.15, 0.2) is 16.3 Å². The summed E-state index contributed by atoms with van der Waals surface area (Å²) in [5.74, 6) is -0.536. The van der Waals surface area contributed by atoms with Crippen molar-refractivity contribution in [1.82, 2.24) is 23.7 Å². The second kappa shape index (κ2) is 7.30. The lowest BCUT2D eigenvalue weighted by molar-refractivity contribution is -0.116. The third-order valence-electron chi connectivity index (χ3n) is 4.40. The molecule has 0 radical (unpaired) electrons. The fourth-order valence-electron chi connectivity index (χ4n) is 2.96. The van der Waals surface area contributed by atoms with Gasteiger partial charge in [-0.25, -0.2) is 19.3 Å². The maximum atomic E-state index is 12.7. The molecule has 148 valence electrons. The number of hydrogen-bond acceptors (Lipinski definition) is 6. The monoisotopic (exact) mass is 430 g/mol. The second-order valence-corrected chi connectivity index (χ2v) is 7.59. The normalized spacial score (nSPS) is 11.1. The zero-order valence-corrected chi connectivity index (χ0v) is 17.0. The first-order valence-corrected chi connectivity index (χ1v) is 9.73. The molecule has 0 unspecified atom stereocenters. The first-order valence-electron chi connectivity index (χ1n) is 8.48. The summed E-state index contributed by atoms with van der Waals surface area (Å²) in [7, 11) is 3.15. The molecule has 1 amide bonds. The number of imidazole rings is 1. The number of rotatable bonds is 4. The molecule has 4 aromatic rings. The number of hydrogen-bond donors (Lipinski definition) is 1. The Kier molecular flexibility index (Phi) is 4.81. The van der Waals surface area contributed by atoms with Crippen molar-refractivity contribution in [3.8, 4) is 11.3 Å². The topological polar surface area (TPSA) is 104 Å². The summed E-state index contributed by atoms with van der Waals surface area (Å²) >= 11 is 7.40. The Labute approximate surface area is 172 Å². The molecule has 11 heteroatoms. The van der Waals surface area contributed by atoms with Crippen LogP contribution in [-0.4, -0.2) is 29.6 Å². The lowest BCUT2D eigenvalue weighted by Crippen LogP contribution is -2.42. The van der Waals surface area contributed by atoms with Crippen molar-refractivity contribution in [1.29, 1.82) is 0 Å². The molecule has 3 heterocycles. The molecule has 0 saturated carbocycles. The Morgan fingerprint density at radius 1 is 1.24 bits per heavy atom. The highest BCUT2D eigenvalue weighted by molar-refractivity contribution is 7.14. The van der Waals surface area contributed by atoms with E-state index >= 15 is 0 Å². The van der Waals surface area contributed by atoms with Crippen LogP contribution >= 0.6 is 22.9 Å². The summed E-state index contributed by atoms with van der Waals surface area (Å²) in [5, 5.41) is 5.29. The average Bonchev–Trinajstić information content (AvgIpc) is 3.30. The van der Waals surface area contributed by atoms with Crippen LogP contribution in [0.25, 0.3) is 22.4 Å². The van der Waals surface area contributed by atoms with Gasteiger partial charge in [0.1, 0.15) is 6.54 Å². The number of aromatic nitrogens is 5. The summed E-state index contributed by atoms with van der Waals surface area (Å²) in [4.78, 5) is 46.1. The smallest absolute Gasteiger partial charge is 0.328 e. The fourth-order valence-corrected chi connectivity index (χ4v) is 3.92. The molecule has 1 N–H and O–H groups in total. The predicted molar refractivity (Wildman–Crippen MR) is 111 cm³/mol. The first-order chi connectivity index (χ1) is 13.9. The molecule has 29 heavy (non-hydrogen) atoms. The molecular formula is C18H15ClN6O3S. The molecule has 0 aliphatic heterocycles. The highest BCUT2D eigenvalue weighted by Crippen LogP contribution is 2.30. The highest BCUT2D eigenvalue weighted by atomic mass is 35.5. The van der Waals surface area contributed by atoms with Crippen LogP contribution in [0.2, 0.25) is 5.02 Å². The number of halogens is 1. The van der Waals surface area contributed by atoms with Crippen LogP contribution < -0.4 is 16.6 Å². The highest BCUT2D eigenvalue weighted by Gasteiger charge is 2.18. The quantitative estimate of drug-likeness (QED) is 0.532. The molecule has 0 aliphatic carbocycles. The Hall–Kier alpha value is -3.24. The molecule has 4 rings (SSSR count). The van der Waals surface area contributed by atoms with Gasteiger partial charge in [0, 0.05) is 30.1 Å². The van der Waals surface area contributed by atoms with Crippen LogP contribution in [0.4, 0.5) is 5.13 Å². The van der Waals surface area contributed by atoms with Crippen LogP contribution in [0.3, 0.4) is 0 Å². The van der Waals surface area contributed by atoms with Gasteiger partial charge in [-0.2, -0.15) is 0 Å². The summed E-state index contributed by atoms with van der Waals surface area (Å²) in [6.45, 7) is -0.437. The number of carbonyl (C=O) groups excluding carboxylic acids is 1. The molecule has 0 spiro atoms. The minimum absolute atomic E-state index is 0.246. The standard InChI is InChI=1S/C18H15ClN6O3S/c1-23-9-20-15-14(23)16(27)25(18(28)24(15)2)7-13(26)22-17-21-12(8-29-17)10-5-3-4-6-11(10)19/h3-6,8-9H,7H2,1-2H3,(H,21,22,26). The number of carbonyl (C=O) groups is 1. The number of thiazole rings is 1. The zero-order valence-electron chi connectivity index (χ0n) is 15.4. The minimum atomic E-state index is -0.618. The lowest BCUT2D eigenvalue weighted by Gasteiger charge is -2.08. The van der Waals surface area contributed by atoms with Crippen molar-refractivity contribution < 1.29 is 4.79 Å². The molecular weight excluding hydrogens is 416 g/mol. The summed E-state index contributed by atoms with van der Waals surface area (Å²) in [6, 6.07) is 7.24. The van der Waals surface area contributed by atoms with Crippen molar-refractivity contribution in [2.45, 2.75) is 6.54 Å². The summed E-state index contributed by atoms with van der Waals surface area (Å²) in [5.41, 5.74) is 0.693. The number of fused-ring (bicyclic) bond motifs is 1. The van der Waals surface area contributed by atoms with E-state index < -0.39 is 23.7 Å². The van der Waals surface area contributed by atoms with E-state index in [1.54, 1.807) is 18.5 Å². The number of benzene rings is 1. The van der Waals surface area contributed by atoms with E-state index in [-0.39, 0.29) is 11.2 Å². The predicted octanol–water partition coefficient (Wildman–Crippen LogP) is 1.85. The van der Waals surface area contributed by atoms with Crippen molar-refractivity contribution in [2.24, 2.45) is 14.1 Å². The van der Waals surface area contributed by atoms with Gasteiger partial charge >= 0.3 is 5.69 Å². The van der Waals surface area contributed by atoms with E-state index in [1.165, 1.54) is 33.8 Å². The van der Waals surface area contributed by atoms with Crippen molar-refractivity contribution >= 4 is 45.1 Å². The maximum absolute atomic E-state index is 12.7. The van der Waals surface area contributed by atoms with Gasteiger partial charge in [0.2, 0.25) is 5.91 Å². The maximum Gasteiger partial charge on any atom is 0.332 e. The van der Waals surface area contributed by atoms with E-state index in [4.69, 9.17) is 11.6 Å². The van der Waals surface area contributed by atoms with Crippen LogP contribution in [0.15, 0.2) is 45.6 Å². The van der Waals surface area contributed by atoms with Gasteiger partial charge in [-0.1, -0.05) is 29.8 Å². The van der Waals surface area contributed by atoms with Crippen molar-refractivity contribution in [3.05, 3.63) is 61.8 Å². The van der Waals surface area contributed by atoms with E-state index in [1.807, 2.05) is 18.2 Å². The molecule has 0 fully saturated rings. The van der Waals surface area contributed by atoms with Gasteiger partial charge in [-0.05, 0) is 6.07 Å². The van der Waals surface area contributed by atoms with Crippen LogP contribution in [-0.2, 0) is 25.4 Å². The first kappa shape index (κ1) is 19.1. The molecule has 0 aliphatic rings. The molecule has 0 saturated heterocycles. The number of amides is 1. The Morgan fingerprint density at radius 2 is 2.00 bits per heavy atom. The number of nitrogens with one attached hydrogen (secondary N) is 1. The number of nitrogens with zero attached hydrogens (tertiary/aromatic N) is 5. The summed E-state index contributed by atoms with van der Waals surface area (Å²) in [6.07, 6.45) is 1.45. The molecule has 3 aromatic heterocycles. The lowest BCUT2D eigenvalue weighted by atomic mass is 10.2. The largest absolute Gasteiger partial charge is 0.332 e. The average molecular weight is 431 g/mol. The van der Waals surface area contributed by atoms with Crippen molar-refractivity contribution in [2.75, 3.05) is 5.32 Å². The molecule has 0 bridgehead atoms.